The summed E-state index contributed by atoms with van der Waals surface area (Å²) in [5.74, 6) is -0.327. The van der Waals surface area contributed by atoms with Gasteiger partial charge in [-0.1, -0.05) is 0 Å². The fourth-order valence-corrected chi connectivity index (χ4v) is 3.64. The number of carbonyl (C=O) groups excluding carboxylic acids is 1. The molecule has 0 aromatic carbocycles. The molecular formula is C14H16N4O4S. The summed E-state index contributed by atoms with van der Waals surface area (Å²) in [7, 11) is 0. The first kappa shape index (κ1) is 15.6. The van der Waals surface area contributed by atoms with Crippen molar-refractivity contribution >= 4 is 23.0 Å². The molecule has 1 aliphatic carbocycles. The summed E-state index contributed by atoms with van der Waals surface area (Å²) in [6.45, 7) is 2.21. The minimum absolute atomic E-state index is 0.0876. The molecule has 9 heteroatoms. The van der Waals surface area contributed by atoms with Crippen LogP contribution in [0.4, 0.5) is 5.69 Å². The number of hydrogen-bond donors (Lipinski definition) is 0. The number of fused-ring (bicyclic) bond motifs is 1. The fraction of sp³-hybridized carbons (Fsp3) is 0.500. The van der Waals surface area contributed by atoms with Crippen molar-refractivity contribution < 1.29 is 14.5 Å². The first-order valence-corrected chi connectivity index (χ1v) is 8.17. The maximum Gasteiger partial charge on any atom is 0.308 e. The van der Waals surface area contributed by atoms with Crippen LogP contribution in [0.15, 0.2) is 12.4 Å². The van der Waals surface area contributed by atoms with Crippen molar-refractivity contribution in [3.05, 3.63) is 38.1 Å². The zero-order chi connectivity index (χ0) is 16.4. The van der Waals surface area contributed by atoms with Gasteiger partial charge in [0.15, 0.2) is 0 Å². The van der Waals surface area contributed by atoms with Gasteiger partial charge < -0.3 is 4.74 Å². The molecule has 0 amide bonds. The Hall–Kier alpha value is -2.29. The van der Waals surface area contributed by atoms with Crippen molar-refractivity contribution in [1.82, 2.24) is 14.8 Å². The predicted molar refractivity (Wildman–Crippen MR) is 82.1 cm³/mol. The predicted octanol–water partition coefficient (Wildman–Crippen LogP) is 2.57. The molecule has 2 heterocycles. The maximum absolute atomic E-state index is 12.0. The summed E-state index contributed by atoms with van der Waals surface area (Å²) in [4.78, 5) is 27.6. The van der Waals surface area contributed by atoms with Crippen molar-refractivity contribution in [2.24, 2.45) is 0 Å². The molecule has 0 spiro atoms. The third kappa shape index (κ3) is 3.55. The molecule has 0 saturated heterocycles. The minimum atomic E-state index is -0.516. The highest BCUT2D eigenvalue weighted by Gasteiger charge is 2.26. The highest BCUT2D eigenvalue weighted by molar-refractivity contribution is 7.11. The van der Waals surface area contributed by atoms with E-state index < -0.39 is 4.92 Å². The number of aryl methyl sites for hydroxylation is 3. The standard InChI is InChI=1S/C14H16N4O4S/c1-9-16-11-3-2-4-12(14(11)23-9)22-13(19)5-6-17-8-10(7-15-17)18(20)21/h7-8,12H,2-6H2,1H3/t12-/m0/s1. The van der Waals surface area contributed by atoms with Crippen molar-refractivity contribution in [2.45, 2.75) is 45.3 Å². The van der Waals surface area contributed by atoms with Crippen LogP contribution in [0.3, 0.4) is 0 Å². The van der Waals surface area contributed by atoms with Gasteiger partial charge in [0.05, 0.1) is 33.5 Å². The lowest BCUT2D eigenvalue weighted by Crippen LogP contribution is -2.17. The number of thiazole rings is 1. The molecular weight excluding hydrogens is 320 g/mol. The molecule has 0 saturated carbocycles. The topological polar surface area (TPSA) is 100 Å². The number of hydrogen-bond acceptors (Lipinski definition) is 7. The number of carbonyl (C=O) groups is 1. The van der Waals surface area contributed by atoms with Gasteiger partial charge >= 0.3 is 11.7 Å². The zero-order valence-electron chi connectivity index (χ0n) is 12.6. The third-order valence-corrected chi connectivity index (χ3v) is 4.76. The monoisotopic (exact) mass is 336 g/mol. The number of esters is 1. The average molecular weight is 336 g/mol. The van der Waals surface area contributed by atoms with E-state index in [4.69, 9.17) is 4.74 Å². The van der Waals surface area contributed by atoms with Crippen LogP contribution < -0.4 is 0 Å². The van der Waals surface area contributed by atoms with Gasteiger partial charge in [-0.2, -0.15) is 5.10 Å². The lowest BCUT2D eigenvalue weighted by Gasteiger charge is -2.21. The van der Waals surface area contributed by atoms with Gasteiger partial charge in [-0.3, -0.25) is 19.6 Å². The van der Waals surface area contributed by atoms with Gasteiger partial charge in [0, 0.05) is 0 Å². The quantitative estimate of drug-likeness (QED) is 0.472. The molecule has 3 rings (SSSR count). The van der Waals surface area contributed by atoms with Gasteiger partial charge in [0.2, 0.25) is 0 Å². The van der Waals surface area contributed by atoms with Crippen LogP contribution in [-0.2, 0) is 22.5 Å². The van der Waals surface area contributed by atoms with Crippen LogP contribution in [0, 0.1) is 17.0 Å². The van der Waals surface area contributed by atoms with E-state index in [0.717, 1.165) is 34.8 Å². The van der Waals surface area contributed by atoms with E-state index in [1.807, 2.05) is 6.92 Å². The third-order valence-electron chi connectivity index (χ3n) is 3.66. The lowest BCUT2D eigenvalue weighted by molar-refractivity contribution is -0.385. The van der Waals surface area contributed by atoms with E-state index in [0.29, 0.717) is 0 Å². The Morgan fingerprint density at radius 3 is 3.17 bits per heavy atom. The molecule has 23 heavy (non-hydrogen) atoms. The summed E-state index contributed by atoms with van der Waals surface area (Å²) in [6.07, 6.45) is 5.09. The van der Waals surface area contributed by atoms with E-state index in [1.54, 1.807) is 11.3 Å². The summed E-state index contributed by atoms with van der Waals surface area (Å²) >= 11 is 1.58. The lowest BCUT2D eigenvalue weighted by atomic mass is 10.0. The van der Waals surface area contributed by atoms with Gasteiger partial charge in [-0.05, 0) is 26.2 Å². The van der Waals surface area contributed by atoms with Crippen LogP contribution in [0.2, 0.25) is 0 Å². The second-order valence-electron chi connectivity index (χ2n) is 5.38. The average Bonchev–Trinajstić information content (AvgIpc) is 3.11. The largest absolute Gasteiger partial charge is 0.456 e. The normalized spacial score (nSPS) is 16.8. The molecule has 2 aromatic heterocycles. The summed E-state index contributed by atoms with van der Waals surface area (Å²) in [5, 5.41) is 15.4. The summed E-state index contributed by atoms with van der Waals surface area (Å²) in [5.41, 5.74) is 0.953. The summed E-state index contributed by atoms with van der Waals surface area (Å²) in [6, 6.07) is 0. The highest BCUT2D eigenvalue weighted by atomic mass is 32.1. The first-order valence-electron chi connectivity index (χ1n) is 7.35. The molecule has 0 fully saturated rings. The van der Waals surface area contributed by atoms with Crippen molar-refractivity contribution in [3.8, 4) is 0 Å². The highest BCUT2D eigenvalue weighted by Crippen LogP contribution is 2.36. The molecule has 0 N–H and O–H groups in total. The Bertz CT molecular complexity index is 739. The number of nitro groups is 1. The number of nitrogens with zero attached hydrogens (tertiary/aromatic N) is 4. The number of rotatable bonds is 5. The smallest absolute Gasteiger partial charge is 0.308 e. The van der Waals surface area contributed by atoms with E-state index in [1.165, 1.54) is 17.1 Å². The van der Waals surface area contributed by atoms with Crippen LogP contribution in [0.25, 0.3) is 0 Å². The second-order valence-corrected chi connectivity index (χ2v) is 6.62. The Labute approximate surface area is 136 Å². The van der Waals surface area contributed by atoms with Gasteiger partial charge in [0.1, 0.15) is 18.5 Å². The van der Waals surface area contributed by atoms with Crippen molar-refractivity contribution in [2.75, 3.05) is 0 Å². The van der Waals surface area contributed by atoms with Crippen molar-refractivity contribution in [3.63, 3.8) is 0 Å². The maximum atomic E-state index is 12.0. The molecule has 0 radical (unpaired) electrons. The van der Waals surface area contributed by atoms with Crippen LogP contribution in [-0.4, -0.2) is 25.7 Å². The Morgan fingerprint density at radius 1 is 1.61 bits per heavy atom. The van der Waals surface area contributed by atoms with Gasteiger partial charge in [-0.15, -0.1) is 11.3 Å². The van der Waals surface area contributed by atoms with Crippen LogP contribution >= 0.6 is 11.3 Å². The summed E-state index contributed by atoms with van der Waals surface area (Å²) < 4.78 is 6.94. The molecule has 1 aliphatic rings. The molecule has 0 unspecified atom stereocenters. The first-order chi connectivity index (χ1) is 11.0. The molecule has 8 nitrogen and oxygen atoms in total. The van der Waals surface area contributed by atoms with Crippen LogP contribution in [0.1, 0.15) is 40.9 Å². The van der Waals surface area contributed by atoms with Crippen molar-refractivity contribution in [1.29, 1.82) is 0 Å². The molecule has 122 valence electrons. The Balaban J connectivity index is 1.56. The molecule has 0 aliphatic heterocycles. The van der Waals surface area contributed by atoms with E-state index in [2.05, 4.69) is 10.1 Å². The van der Waals surface area contributed by atoms with E-state index in [9.17, 15) is 14.9 Å². The van der Waals surface area contributed by atoms with Gasteiger partial charge in [-0.25, -0.2) is 4.98 Å². The van der Waals surface area contributed by atoms with Gasteiger partial charge in [0.25, 0.3) is 0 Å². The minimum Gasteiger partial charge on any atom is -0.456 e. The zero-order valence-corrected chi connectivity index (χ0v) is 13.4. The second kappa shape index (κ2) is 6.45. The Morgan fingerprint density at radius 2 is 2.43 bits per heavy atom. The molecule has 0 bridgehead atoms. The van der Waals surface area contributed by atoms with E-state index in [-0.39, 0.29) is 30.7 Å². The fourth-order valence-electron chi connectivity index (χ4n) is 2.61. The Kier molecular flexibility index (Phi) is 4.37. The molecule has 1 atom stereocenters. The molecule has 2 aromatic rings. The SMILES string of the molecule is Cc1nc2c(s1)[C@@H](OC(=O)CCn1cc([N+](=O)[O-])cn1)CCC2. The number of ether oxygens (including phenoxy) is 1. The van der Waals surface area contributed by atoms with E-state index >= 15 is 0 Å². The van der Waals surface area contributed by atoms with Crippen LogP contribution in [0.5, 0.6) is 0 Å². The number of aromatic nitrogens is 3.